The molecule has 1 heterocycles. The summed E-state index contributed by atoms with van der Waals surface area (Å²) in [7, 11) is 0. The molecule has 0 N–H and O–H groups in total. The molecule has 3 amide bonds. The van der Waals surface area contributed by atoms with E-state index < -0.39 is 47.9 Å². The first kappa shape index (κ1) is 29.8. The molecular formula is C31H25Cl3N2O6. The van der Waals surface area contributed by atoms with E-state index in [0.29, 0.717) is 22.9 Å². The minimum absolute atomic E-state index is 0.118. The lowest BCUT2D eigenvalue weighted by atomic mass is 9.76. The highest BCUT2D eigenvalue weighted by Crippen LogP contribution is 2.41. The predicted molar refractivity (Wildman–Crippen MR) is 157 cm³/mol. The zero-order chi connectivity index (χ0) is 30.1. The summed E-state index contributed by atoms with van der Waals surface area (Å²) >= 11 is 17.9. The molecule has 1 saturated carbocycles. The third kappa shape index (κ3) is 6.07. The van der Waals surface area contributed by atoms with Crippen LogP contribution in [0.5, 0.6) is 5.75 Å². The van der Waals surface area contributed by atoms with Crippen LogP contribution in [0.3, 0.4) is 0 Å². The number of hydrogen-bond donors (Lipinski definition) is 0. The molecule has 3 aromatic rings. The van der Waals surface area contributed by atoms with Crippen LogP contribution in [0.15, 0.2) is 66.7 Å². The molecule has 216 valence electrons. The number of imide groups is 1. The number of hydrogen-bond acceptors (Lipinski definition) is 6. The molecule has 0 spiro atoms. The van der Waals surface area contributed by atoms with Crippen molar-refractivity contribution in [2.45, 2.75) is 26.2 Å². The van der Waals surface area contributed by atoms with Crippen molar-refractivity contribution in [2.24, 2.45) is 17.8 Å². The molecule has 0 bridgehead atoms. The number of esters is 1. The Bertz CT molecular complexity index is 1570. The van der Waals surface area contributed by atoms with Crippen molar-refractivity contribution in [3.05, 3.63) is 98.5 Å². The predicted octanol–water partition coefficient (Wildman–Crippen LogP) is 6.53. The topological polar surface area (TPSA) is 101 Å². The zero-order valence-electron chi connectivity index (χ0n) is 22.4. The van der Waals surface area contributed by atoms with Crippen LogP contribution in [-0.2, 0) is 9.59 Å². The maximum Gasteiger partial charge on any atom is 0.345 e. The van der Waals surface area contributed by atoms with E-state index in [1.54, 1.807) is 0 Å². The first-order valence-corrected chi connectivity index (χ1v) is 14.4. The van der Waals surface area contributed by atoms with Crippen LogP contribution < -0.4 is 4.74 Å². The van der Waals surface area contributed by atoms with E-state index in [4.69, 9.17) is 39.5 Å². The van der Waals surface area contributed by atoms with Crippen molar-refractivity contribution in [3.8, 4) is 5.75 Å². The van der Waals surface area contributed by atoms with Crippen LogP contribution in [0.2, 0.25) is 15.1 Å². The summed E-state index contributed by atoms with van der Waals surface area (Å²) < 4.78 is 5.36. The quantitative estimate of drug-likeness (QED) is 0.128. The van der Waals surface area contributed by atoms with Crippen molar-refractivity contribution in [2.75, 3.05) is 6.54 Å². The molecule has 1 aliphatic heterocycles. The molecule has 0 unspecified atom stereocenters. The Morgan fingerprint density at radius 3 is 2.12 bits per heavy atom. The summed E-state index contributed by atoms with van der Waals surface area (Å²) in [6.07, 6.45) is 1.90. The molecule has 5 rings (SSSR count). The molecular weight excluding hydrogens is 603 g/mol. The van der Waals surface area contributed by atoms with E-state index in [1.807, 2.05) is 6.92 Å². The van der Waals surface area contributed by atoms with Gasteiger partial charge in [0.2, 0.25) is 0 Å². The molecule has 2 fully saturated rings. The SMILES string of the molecule is C[C@@H]1CC[C@@H]2C(=O)N(N(CC(=O)c3ccc(OC(=O)c4ccc(Cl)cc4Cl)cc3)C(=O)c3ccc(Cl)cc3)C(=O)[C@H]2C1. The average Bonchev–Trinajstić information content (AvgIpc) is 3.20. The van der Waals surface area contributed by atoms with E-state index in [2.05, 4.69) is 0 Å². The Hall–Kier alpha value is -3.72. The first-order chi connectivity index (χ1) is 20.0. The van der Waals surface area contributed by atoms with Gasteiger partial charge in [-0.3, -0.25) is 19.2 Å². The average molecular weight is 628 g/mol. The molecule has 3 atom stereocenters. The minimum atomic E-state index is -0.711. The fraction of sp³-hybridized carbons (Fsp3) is 0.258. The number of carbonyl (C=O) groups excluding carboxylic acids is 5. The largest absolute Gasteiger partial charge is 0.423 e. The van der Waals surface area contributed by atoms with Gasteiger partial charge in [-0.25, -0.2) is 9.80 Å². The molecule has 0 radical (unpaired) electrons. The number of amides is 3. The molecule has 0 aromatic heterocycles. The molecule has 1 aliphatic carbocycles. The second kappa shape index (κ2) is 12.3. The van der Waals surface area contributed by atoms with Crippen molar-refractivity contribution >= 4 is 64.3 Å². The summed E-state index contributed by atoms with van der Waals surface area (Å²) in [6.45, 7) is 1.47. The normalized spacial score (nSPS) is 19.8. The number of nitrogens with zero attached hydrogens (tertiary/aromatic N) is 2. The molecule has 2 aliphatic rings. The molecule has 3 aromatic carbocycles. The smallest absolute Gasteiger partial charge is 0.345 e. The van der Waals surface area contributed by atoms with Gasteiger partial charge >= 0.3 is 5.97 Å². The van der Waals surface area contributed by atoms with E-state index in [9.17, 15) is 24.0 Å². The summed E-state index contributed by atoms with van der Waals surface area (Å²) in [5.41, 5.74) is 0.463. The Morgan fingerprint density at radius 1 is 0.833 bits per heavy atom. The highest BCUT2D eigenvalue weighted by molar-refractivity contribution is 6.36. The van der Waals surface area contributed by atoms with Gasteiger partial charge in [0.25, 0.3) is 17.7 Å². The number of carbonyl (C=O) groups is 5. The van der Waals surface area contributed by atoms with Crippen molar-refractivity contribution < 1.29 is 28.7 Å². The maximum absolute atomic E-state index is 13.6. The lowest BCUT2D eigenvalue weighted by Gasteiger charge is -2.30. The number of rotatable bonds is 7. The molecule has 11 heteroatoms. The van der Waals surface area contributed by atoms with Gasteiger partial charge in [-0.05, 0) is 91.9 Å². The van der Waals surface area contributed by atoms with Gasteiger partial charge < -0.3 is 4.74 Å². The number of fused-ring (bicyclic) bond motifs is 1. The van der Waals surface area contributed by atoms with Crippen LogP contribution in [-0.4, -0.2) is 46.0 Å². The minimum Gasteiger partial charge on any atom is -0.423 e. The lowest BCUT2D eigenvalue weighted by molar-refractivity contribution is -0.154. The Morgan fingerprint density at radius 2 is 1.45 bits per heavy atom. The highest BCUT2D eigenvalue weighted by Gasteiger charge is 2.52. The van der Waals surface area contributed by atoms with Crippen LogP contribution >= 0.6 is 34.8 Å². The fourth-order valence-corrected chi connectivity index (χ4v) is 5.95. The highest BCUT2D eigenvalue weighted by atomic mass is 35.5. The van der Waals surface area contributed by atoms with E-state index >= 15 is 0 Å². The van der Waals surface area contributed by atoms with Gasteiger partial charge in [0.05, 0.1) is 22.4 Å². The zero-order valence-corrected chi connectivity index (χ0v) is 24.7. The summed E-state index contributed by atoms with van der Waals surface area (Å²) in [6, 6.07) is 16.0. The summed E-state index contributed by atoms with van der Waals surface area (Å²) in [5, 5.41) is 2.68. The number of hydrazine groups is 1. The van der Waals surface area contributed by atoms with Gasteiger partial charge in [0.1, 0.15) is 12.3 Å². The maximum atomic E-state index is 13.6. The second-order valence-corrected chi connectivity index (χ2v) is 11.7. The van der Waals surface area contributed by atoms with Gasteiger partial charge in [-0.1, -0.05) is 41.7 Å². The third-order valence-corrected chi connectivity index (χ3v) is 8.36. The van der Waals surface area contributed by atoms with E-state index in [1.165, 1.54) is 66.7 Å². The van der Waals surface area contributed by atoms with Crippen molar-refractivity contribution in [3.63, 3.8) is 0 Å². The first-order valence-electron chi connectivity index (χ1n) is 13.3. The summed E-state index contributed by atoms with van der Waals surface area (Å²) in [4.78, 5) is 66.5. The van der Waals surface area contributed by atoms with Crippen LogP contribution in [0.1, 0.15) is 57.3 Å². The van der Waals surface area contributed by atoms with Gasteiger partial charge in [-0.15, -0.1) is 0 Å². The monoisotopic (exact) mass is 626 g/mol. The van der Waals surface area contributed by atoms with Gasteiger partial charge in [-0.2, -0.15) is 5.01 Å². The van der Waals surface area contributed by atoms with Gasteiger partial charge in [0, 0.05) is 21.2 Å². The molecule has 42 heavy (non-hydrogen) atoms. The molecule has 8 nitrogen and oxygen atoms in total. The Labute approximate surface area is 257 Å². The summed E-state index contributed by atoms with van der Waals surface area (Å²) in [5.74, 6) is -3.50. The lowest BCUT2D eigenvalue weighted by Crippen LogP contribution is -2.52. The third-order valence-electron chi connectivity index (χ3n) is 7.56. The van der Waals surface area contributed by atoms with Crippen molar-refractivity contribution in [1.82, 2.24) is 10.0 Å². The number of benzene rings is 3. The van der Waals surface area contributed by atoms with E-state index in [0.717, 1.165) is 16.4 Å². The number of ketones is 1. The van der Waals surface area contributed by atoms with Gasteiger partial charge in [0.15, 0.2) is 5.78 Å². The number of ether oxygens (including phenoxy) is 1. The Kier molecular flexibility index (Phi) is 8.68. The Balaban J connectivity index is 1.37. The van der Waals surface area contributed by atoms with Crippen LogP contribution in [0, 0.1) is 17.8 Å². The van der Waals surface area contributed by atoms with Crippen molar-refractivity contribution in [1.29, 1.82) is 0 Å². The number of halogens is 3. The van der Waals surface area contributed by atoms with Crippen LogP contribution in [0.4, 0.5) is 0 Å². The molecule has 1 saturated heterocycles. The standard InChI is InChI=1S/C31H25Cl3N2O6/c1-17-2-12-23-25(14-17)30(40)36(29(23)39)35(28(38)19-3-7-20(32)8-4-19)16-27(37)18-5-10-22(11-6-18)42-31(41)24-13-9-21(33)15-26(24)34/h3-11,13,15,17,23,25H,2,12,14,16H2,1H3/t17-,23+,25+/m1/s1. The second-order valence-electron chi connectivity index (χ2n) is 10.5. The van der Waals surface area contributed by atoms with Crippen LogP contribution in [0.25, 0.3) is 0 Å². The fourth-order valence-electron chi connectivity index (χ4n) is 5.34. The number of Topliss-reactive ketones (excluding diaryl/α,β-unsaturated/α-hetero) is 1. The van der Waals surface area contributed by atoms with E-state index in [-0.39, 0.29) is 33.4 Å².